The molecule has 11 heteroatoms. The number of halogens is 1. The van der Waals surface area contributed by atoms with E-state index in [4.69, 9.17) is 0 Å². The van der Waals surface area contributed by atoms with Crippen molar-refractivity contribution in [2.75, 3.05) is 17.8 Å². The van der Waals surface area contributed by atoms with Crippen LogP contribution in [-0.4, -0.2) is 51.5 Å². The van der Waals surface area contributed by atoms with Crippen molar-refractivity contribution < 1.29 is 17.6 Å². The van der Waals surface area contributed by atoms with Gasteiger partial charge in [0.1, 0.15) is 11.5 Å². The van der Waals surface area contributed by atoms with E-state index in [0.717, 1.165) is 36.2 Å². The Labute approximate surface area is 200 Å². The van der Waals surface area contributed by atoms with Crippen molar-refractivity contribution in [1.29, 1.82) is 0 Å². The highest BCUT2D eigenvalue weighted by atomic mass is 32.2. The first-order valence-corrected chi connectivity index (χ1v) is 12.8. The molecule has 0 radical (unpaired) electrons. The van der Waals surface area contributed by atoms with Crippen molar-refractivity contribution in [2.45, 2.75) is 25.2 Å². The van der Waals surface area contributed by atoms with Crippen LogP contribution in [0, 0.1) is 5.82 Å². The Morgan fingerprint density at radius 3 is 2.49 bits per heavy atom. The summed E-state index contributed by atoms with van der Waals surface area (Å²) in [7, 11) is -3.87. The van der Waals surface area contributed by atoms with E-state index in [0.29, 0.717) is 30.0 Å². The van der Waals surface area contributed by atoms with Crippen LogP contribution in [0.2, 0.25) is 0 Å². The normalized spacial score (nSPS) is 16.3. The van der Waals surface area contributed by atoms with Crippen molar-refractivity contribution in [3.8, 4) is 11.1 Å². The monoisotopic (exact) mass is 492 g/mol. The molecule has 1 saturated heterocycles. The number of carbonyl (C=O) groups is 1. The minimum atomic E-state index is -3.87. The first-order valence-electron chi connectivity index (χ1n) is 11.3. The van der Waals surface area contributed by atoms with Gasteiger partial charge in [-0.25, -0.2) is 19.3 Å². The van der Waals surface area contributed by atoms with Crippen molar-refractivity contribution in [3.05, 3.63) is 71.8 Å². The van der Waals surface area contributed by atoms with Crippen LogP contribution >= 0.6 is 0 Å². The highest BCUT2D eigenvalue weighted by Crippen LogP contribution is 2.38. The molecule has 0 amide bonds. The van der Waals surface area contributed by atoms with Gasteiger partial charge in [-0.05, 0) is 37.5 Å². The number of pyridine rings is 1. The summed E-state index contributed by atoms with van der Waals surface area (Å²) >= 11 is 0. The second-order valence-corrected chi connectivity index (χ2v) is 10.5. The van der Waals surface area contributed by atoms with Gasteiger partial charge in [-0.3, -0.25) is 9.52 Å². The molecule has 35 heavy (non-hydrogen) atoms. The number of benzene rings is 1. The summed E-state index contributed by atoms with van der Waals surface area (Å²) in [5, 5.41) is 0.518. The third-order valence-corrected chi connectivity index (χ3v) is 7.88. The molecule has 0 unspecified atom stereocenters. The van der Waals surface area contributed by atoms with Gasteiger partial charge in [0.05, 0.1) is 11.3 Å². The van der Waals surface area contributed by atoms with Gasteiger partial charge in [0.25, 0.3) is 0 Å². The summed E-state index contributed by atoms with van der Waals surface area (Å²) in [6.07, 6.45) is 9.60. The van der Waals surface area contributed by atoms with Crippen LogP contribution in [0.5, 0.6) is 0 Å². The number of anilines is 1. The molecule has 0 atom stereocenters. The second kappa shape index (κ2) is 8.21. The summed E-state index contributed by atoms with van der Waals surface area (Å²) in [5.74, 6) is -0.234. The maximum Gasteiger partial charge on any atom is 0.301 e. The molecule has 0 bridgehead atoms. The molecule has 4 heterocycles. The molecular weight excluding hydrogens is 471 g/mol. The predicted molar refractivity (Wildman–Crippen MR) is 128 cm³/mol. The van der Waals surface area contributed by atoms with Crippen LogP contribution in [0.1, 0.15) is 46.9 Å². The van der Waals surface area contributed by atoms with Crippen molar-refractivity contribution in [1.82, 2.24) is 24.2 Å². The van der Waals surface area contributed by atoms with Crippen molar-refractivity contribution in [2.24, 2.45) is 0 Å². The lowest BCUT2D eigenvalue weighted by Gasteiger charge is -2.29. The number of H-pyrrole nitrogens is 1. The maximum atomic E-state index is 15.3. The lowest BCUT2D eigenvalue weighted by Crippen LogP contribution is -2.45. The Morgan fingerprint density at radius 1 is 1.06 bits per heavy atom. The molecule has 1 aromatic carbocycles. The molecule has 9 nitrogen and oxygen atoms in total. The zero-order chi connectivity index (χ0) is 24.2. The standard InChI is InChI=1S/C24H21FN6O3S/c25-21-17(3-1-4-20(21)30-35(33,34)31-7-2-8-31)22(32)19-13-29-24-18(19)9-15(10-28-24)16-11-26-23(27-12-16)14-5-6-14/h1,3-4,9-14,30H,2,5-8H2,(H,28,29). The van der Waals surface area contributed by atoms with Crippen molar-refractivity contribution >= 4 is 32.7 Å². The number of nitrogens with one attached hydrogen (secondary N) is 2. The largest absolute Gasteiger partial charge is 0.345 e. The number of aromatic amines is 1. The van der Waals surface area contributed by atoms with E-state index < -0.39 is 21.8 Å². The lowest BCUT2D eigenvalue weighted by atomic mass is 10.0. The minimum absolute atomic E-state index is 0.228. The van der Waals surface area contributed by atoms with E-state index in [9.17, 15) is 13.2 Å². The summed E-state index contributed by atoms with van der Waals surface area (Å²) in [5.41, 5.74) is 1.68. The maximum absolute atomic E-state index is 15.3. The number of ketones is 1. The zero-order valence-electron chi connectivity index (χ0n) is 18.5. The van der Waals surface area contributed by atoms with E-state index in [1.807, 2.05) is 0 Å². The first-order chi connectivity index (χ1) is 16.9. The third kappa shape index (κ3) is 3.96. The Morgan fingerprint density at radius 2 is 1.80 bits per heavy atom. The predicted octanol–water partition coefficient (Wildman–Crippen LogP) is 3.63. The fourth-order valence-electron chi connectivity index (χ4n) is 4.05. The Bertz CT molecular complexity index is 1560. The number of hydrogen-bond acceptors (Lipinski definition) is 6. The van der Waals surface area contributed by atoms with E-state index in [1.54, 1.807) is 24.7 Å². The van der Waals surface area contributed by atoms with Crippen LogP contribution in [0.15, 0.2) is 49.1 Å². The molecule has 6 rings (SSSR count). The van der Waals surface area contributed by atoms with Gasteiger partial charge in [-0.1, -0.05) is 6.07 Å². The summed E-state index contributed by atoms with van der Waals surface area (Å²) in [6.45, 7) is 0.767. The molecule has 2 aliphatic rings. The summed E-state index contributed by atoms with van der Waals surface area (Å²) in [6, 6.07) is 5.86. The van der Waals surface area contributed by atoms with Gasteiger partial charge >= 0.3 is 10.2 Å². The van der Waals surface area contributed by atoms with Crippen LogP contribution in [0.3, 0.4) is 0 Å². The Balaban J connectivity index is 1.33. The van der Waals surface area contributed by atoms with Crippen LogP contribution in [0.4, 0.5) is 10.1 Å². The molecule has 1 saturated carbocycles. The zero-order valence-corrected chi connectivity index (χ0v) is 19.3. The minimum Gasteiger partial charge on any atom is -0.345 e. The average molecular weight is 493 g/mol. The van der Waals surface area contributed by atoms with Gasteiger partial charge in [0, 0.05) is 65.9 Å². The fourth-order valence-corrected chi connectivity index (χ4v) is 5.35. The topological polar surface area (TPSA) is 121 Å². The van der Waals surface area contributed by atoms with Gasteiger partial charge in [-0.15, -0.1) is 0 Å². The summed E-state index contributed by atoms with van der Waals surface area (Å²) < 4.78 is 43.5. The average Bonchev–Trinajstić information content (AvgIpc) is 3.57. The van der Waals surface area contributed by atoms with Crippen LogP contribution in [-0.2, 0) is 10.2 Å². The SMILES string of the molecule is O=C(c1cccc(NS(=O)(=O)N2CCC2)c1F)c1c[nH]c2ncc(-c3cnc(C4CC4)nc3)cc12. The number of aromatic nitrogens is 4. The van der Waals surface area contributed by atoms with Crippen LogP contribution < -0.4 is 4.72 Å². The fraction of sp³-hybridized carbons (Fsp3) is 0.250. The molecule has 2 fully saturated rings. The molecular formula is C24H21FN6O3S. The van der Waals surface area contributed by atoms with E-state index in [1.165, 1.54) is 28.7 Å². The van der Waals surface area contributed by atoms with E-state index in [-0.39, 0.29) is 16.8 Å². The number of rotatable bonds is 7. The van der Waals surface area contributed by atoms with E-state index in [2.05, 4.69) is 24.7 Å². The number of fused-ring (bicyclic) bond motifs is 1. The molecule has 1 aliphatic heterocycles. The quantitative estimate of drug-likeness (QED) is 0.380. The first kappa shape index (κ1) is 21.8. The molecule has 178 valence electrons. The van der Waals surface area contributed by atoms with E-state index >= 15 is 4.39 Å². The van der Waals surface area contributed by atoms with Gasteiger partial charge in [-0.2, -0.15) is 12.7 Å². The molecule has 1 aliphatic carbocycles. The smallest absolute Gasteiger partial charge is 0.301 e. The second-order valence-electron chi connectivity index (χ2n) is 8.78. The van der Waals surface area contributed by atoms with Gasteiger partial charge < -0.3 is 4.98 Å². The van der Waals surface area contributed by atoms with Gasteiger partial charge in [0.2, 0.25) is 0 Å². The van der Waals surface area contributed by atoms with Crippen LogP contribution in [0.25, 0.3) is 22.2 Å². The summed E-state index contributed by atoms with van der Waals surface area (Å²) in [4.78, 5) is 29.6. The molecule has 0 spiro atoms. The molecule has 2 N–H and O–H groups in total. The molecule has 4 aromatic rings. The number of hydrogen-bond donors (Lipinski definition) is 2. The van der Waals surface area contributed by atoms with Gasteiger partial charge in [0.15, 0.2) is 11.6 Å². The Kier molecular flexibility index (Phi) is 5.11. The lowest BCUT2D eigenvalue weighted by molar-refractivity contribution is 0.103. The van der Waals surface area contributed by atoms with Crippen molar-refractivity contribution in [3.63, 3.8) is 0 Å². The Hall–Kier alpha value is -3.70. The highest BCUT2D eigenvalue weighted by Gasteiger charge is 2.29. The highest BCUT2D eigenvalue weighted by molar-refractivity contribution is 7.90. The number of carbonyl (C=O) groups excluding carboxylic acids is 1. The third-order valence-electron chi connectivity index (χ3n) is 6.36. The number of nitrogens with zero attached hydrogens (tertiary/aromatic N) is 4. The molecule has 3 aromatic heterocycles.